The van der Waals surface area contributed by atoms with E-state index in [4.69, 9.17) is 58.3 Å². The van der Waals surface area contributed by atoms with E-state index < -0.39 is 0 Å². The van der Waals surface area contributed by atoms with Gasteiger partial charge in [-0.05, 0) is 214 Å². The minimum absolute atomic E-state index is 0.588. The topological polar surface area (TPSA) is 133 Å². The molecule has 0 N–H and O–H groups in total. The van der Waals surface area contributed by atoms with Gasteiger partial charge in [0.05, 0.1) is 72.7 Å². The fourth-order valence-corrected chi connectivity index (χ4v) is 18.7. The largest absolute Gasteiger partial charge is 0.494 e. The molecule has 0 amide bonds. The second-order valence-corrected chi connectivity index (χ2v) is 37.5. The number of hydrogen-bond donors (Lipinski definition) is 0. The molecule has 13 aromatic rings. The van der Waals surface area contributed by atoms with Gasteiger partial charge in [-0.3, -0.25) is 0 Å². The highest BCUT2D eigenvalue weighted by Gasteiger charge is 2.25. The maximum Gasteiger partial charge on any atom is 0.120 e. The van der Waals surface area contributed by atoms with E-state index in [2.05, 4.69) is 224 Å². The number of ether oxygens (including phenoxy) is 6. The van der Waals surface area contributed by atoms with Crippen LogP contribution in [-0.4, -0.2) is 69.5 Å². The number of rotatable bonds is 66. The third kappa shape index (κ3) is 30.4. The Bertz CT molecular complexity index is 4610. The predicted octanol–water partition coefficient (Wildman–Crippen LogP) is 36.1. The standard InChI is InChI=1S/C120H156N6O6/c1-7-13-19-25-31-37-43-49-79-127-97-67-55-91(56-68-97)103-85-109-110(86-104(103)92-57-69-98(70-58-92)128-80-50-44-38-32-26-20-14-8-2)122-116-115(121-109)117-119(125-112-88-106(94-61-73-100(74-62-94)130-82-52-46-40-34-28-22-16-10-4)105(87-111(112)123-117)93-59-71-99(72-60-93)129-81-51-45-39-33-27-21-15-9-3)120-118(116)124-113-89-107(95-63-75-101(76-64-95)131-83-53-47-41-35-29-23-17-11-5)108(90-114(113)126-120)96-65-77-102(78-66-96)132-84-54-48-42-36-30-24-18-12-6/h55-78,85-90H,7-54,79-84H2,1-6H3. The van der Waals surface area contributed by atoms with Crippen LogP contribution < -0.4 is 28.4 Å². The van der Waals surface area contributed by atoms with E-state index >= 15 is 0 Å². The van der Waals surface area contributed by atoms with Gasteiger partial charge in [-0.1, -0.05) is 384 Å². The van der Waals surface area contributed by atoms with Gasteiger partial charge in [0.1, 0.15) is 67.6 Å². The molecule has 13 rings (SSSR count). The Morgan fingerprint density at radius 1 is 0.144 bits per heavy atom. The molecule has 3 heterocycles. The van der Waals surface area contributed by atoms with Gasteiger partial charge in [0.25, 0.3) is 0 Å². The SMILES string of the molecule is CCCCCCCCCCOc1ccc(-c2cc3nc4c5nc6cc(-c7ccc(OCCCCCCCCCC)cc7)c(-c7ccc(OCCCCCCCCCC)cc7)cc6nc5c5nc6cc(-c7ccc(OCCCCCCCCCC)cc7)c(-c7ccc(OCCCCCCCCCC)cc7)cc6nc5c4nc3cc2-c2ccc(OCCCCCCCCCC)cc2)cc1. The molecule has 0 saturated heterocycles. The minimum Gasteiger partial charge on any atom is -0.494 e. The number of fused-ring (bicyclic) bond motifs is 9. The molecule has 12 heteroatoms. The molecule has 0 unspecified atom stereocenters. The number of aromatic nitrogens is 6. The van der Waals surface area contributed by atoms with Crippen LogP contribution in [0.25, 0.3) is 133 Å². The monoisotopic (exact) mass is 1780 g/mol. The van der Waals surface area contributed by atoms with Gasteiger partial charge in [0.2, 0.25) is 0 Å². The molecule has 132 heavy (non-hydrogen) atoms. The van der Waals surface area contributed by atoms with Gasteiger partial charge in [-0.25, -0.2) is 29.9 Å². The van der Waals surface area contributed by atoms with E-state index in [1.807, 2.05) is 0 Å². The summed E-state index contributed by atoms with van der Waals surface area (Å²) in [6.45, 7) is 17.8. The highest BCUT2D eigenvalue weighted by Crippen LogP contribution is 2.44. The van der Waals surface area contributed by atoms with Crippen molar-refractivity contribution in [2.45, 2.75) is 350 Å². The van der Waals surface area contributed by atoms with Crippen molar-refractivity contribution in [1.29, 1.82) is 0 Å². The summed E-state index contributed by atoms with van der Waals surface area (Å²) in [4.78, 5) is 35.0. The third-order valence-electron chi connectivity index (χ3n) is 26.7. The molecule has 0 aliphatic carbocycles. The lowest BCUT2D eigenvalue weighted by Crippen LogP contribution is -2.01. The molecule has 0 spiro atoms. The van der Waals surface area contributed by atoms with Gasteiger partial charge in [-0.15, -0.1) is 0 Å². The molecule has 0 bridgehead atoms. The summed E-state index contributed by atoms with van der Waals surface area (Å²) in [5, 5.41) is 0. The summed E-state index contributed by atoms with van der Waals surface area (Å²) in [6.07, 6.45) is 60.0. The van der Waals surface area contributed by atoms with Gasteiger partial charge < -0.3 is 28.4 Å². The maximum absolute atomic E-state index is 6.47. The summed E-state index contributed by atoms with van der Waals surface area (Å²) >= 11 is 0. The molecule has 12 nitrogen and oxygen atoms in total. The van der Waals surface area contributed by atoms with Crippen molar-refractivity contribution in [3.8, 4) is 101 Å². The second-order valence-electron chi connectivity index (χ2n) is 37.5. The second kappa shape index (κ2) is 56.1. The van der Waals surface area contributed by atoms with Crippen LogP contribution in [0.15, 0.2) is 182 Å². The van der Waals surface area contributed by atoms with Crippen molar-refractivity contribution in [2.24, 2.45) is 0 Å². The van der Waals surface area contributed by atoms with Gasteiger partial charge in [-0.2, -0.15) is 0 Å². The molecular formula is C120H156N6O6. The van der Waals surface area contributed by atoms with Crippen molar-refractivity contribution in [3.63, 3.8) is 0 Å². The van der Waals surface area contributed by atoms with Crippen LogP contribution in [0.3, 0.4) is 0 Å². The molecule has 0 radical (unpaired) electrons. The number of benzene rings is 10. The van der Waals surface area contributed by atoms with Crippen LogP contribution in [0.1, 0.15) is 350 Å². The third-order valence-corrected chi connectivity index (χ3v) is 26.7. The van der Waals surface area contributed by atoms with Crippen molar-refractivity contribution in [3.05, 3.63) is 182 Å². The predicted molar refractivity (Wildman–Crippen MR) is 559 cm³/mol. The Labute approximate surface area is 792 Å². The molecule has 0 fully saturated rings. The van der Waals surface area contributed by atoms with E-state index in [1.54, 1.807) is 0 Å². The van der Waals surface area contributed by atoms with Crippen LogP contribution in [0.5, 0.6) is 34.5 Å². The van der Waals surface area contributed by atoms with Gasteiger partial charge >= 0.3 is 0 Å². The van der Waals surface area contributed by atoms with Crippen molar-refractivity contribution in [2.75, 3.05) is 39.6 Å². The summed E-state index contributed by atoms with van der Waals surface area (Å²) in [6, 6.07) is 65.1. The quantitative estimate of drug-likeness (QED) is 0.0204. The number of hydrogen-bond acceptors (Lipinski definition) is 12. The average molecular weight is 1780 g/mol. The summed E-state index contributed by atoms with van der Waals surface area (Å²) in [5.74, 6) is 5.18. The average Bonchev–Trinajstić information content (AvgIpc) is 0.696. The summed E-state index contributed by atoms with van der Waals surface area (Å²) < 4.78 is 38.8. The van der Waals surface area contributed by atoms with Crippen molar-refractivity contribution < 1.29 is 28.4 Å². The Balaban J connectivity index is 0.936. The minimum atomic E-state index is 0.588. The van der Waals surface area contributed by atoms with E-state index in [1.165, 1.54) is 270 Å². The first-order valence-corrected chi connectivity index (χ1v) is 52.8. The molecular weight excluding hydrogens is 1620 g/mol. The Morgan fingerprint density at radius 2 is 0.258 bits per heavy atom. The van der Waals surface area contributed by atoms with E-state index in [0.717, 1.165) is 140 Å². The molecule has 0 aliphatic heterocycles. The summed E-state index contributed by atoms with van der Waals surface area (Å²) in [7, 11) is 0. The number of unbranched alkanes of at least 4 members (excludes halogenated alkanes) is 42. The fraction of sp³-hybridized carbons (Fsp3) is 0.500. The fourth-order valence-electron chi connectivity index (χ4n) is 18.7. The molecule has 702 valence electrons. The normalized spacial score (nSPS) is 11.7. The zero-order valence-electron chi connectivity index (χ0n) is 81.6. The molecule has 0 saturated carbocycles. The van der Waals surface area contributed by atoms with E-state index in [0.29, 0.717) is 106 Å². The van der Waals surface area contributed by atoms with Crippen molar-refractivity contribution in [1.82, 2.24) is 29.9 Å². The van der Waals surface area contributed by atoms with Crippen LogP contribution in [0.4, 0.5) is 0 Å². The lowest BCUT2D eigenvalue weighted by Gasteiger charge is -2.17. The number of nitrogens with zero attached hydrogens (tertiary/aromatic N) is 6. The van der Waals surface area contributed by atoms with Gasteiger partial charge in [0.15, 0.2) is 0 Å². The van der Waals surface area contributed by atoms with Crippen LogP contribution in [0.2, 0.25) is 0 Å². The highest BCUT2D eigenvalue weighted by atomic mass is 16.5. The lowest BCUT2D eigenvalue weighted by molar-refractivity contribution is 0.304. The molecule has 10 aromatic carbocycles. The Morgan fingerprint density at radius 3 is 0.379 bits per heavy atom. The first kappa shape index (κ1) is 99.3. The van der Waals surface area contributed by atoms with Gasteiger partial charge in [0, 0.05) is 0 Å². The maximum atomic E-state index is 6.47. The molecule has 0 atom stereocenters. The van der Waals surface area contributed by atoms with Crippen molar-refractivity contribution >= 4 is 66.2 Å². The Hall–Kier alpha value is -10.2. The van der Waals surface area contributed by atoms with Crippen LogP contribution in [0, 0.1) is 0 Å². The smallest absolute Gasteiger partial charge is 0.120 e. The van der Waals surface area contributed by atoms with E-state index in [9.17, 15) is 0 Å². The molecule has 0 aliphatic rings. The lowest BCUT2D eigenvalue weighted by atomic mass is 9.93. The highest BCUT2D eigenvalue weighted by molar-refractivity contribution is 6.21. The van der Waals surface area contributed by atoms with Crippen LogP contribution in [-0.2, 0) is 0 Å². The zero-order chi connectivity index (χ0) is 91.2. The van der Waals surface area contributed by atoms with Crippen LogP contribution >= 0.6 is 0 Å². The zero-order valence-corrected chi connectivity index (χ0v) is 81.6. The first-order chi connectivity index (χ1) is 65.3. The summed E-state index contributed by atoms with van der Waals surface area (Å²) in [5.41, 5.74) is 20.1. The molecule has 3 aromatic heterocycles. The first-order valence-electron chi connectivity index (χ1n) is 52.8. The Kier molecular flexibility index (Phi) is 42.2. The van der Waals surface area contributed by atoms with E-state index in [-0.39, 0.29) is 0 Å².